The molecule has 0 spiro atoms. The van der Waals surface area contributed by atoms with Crippen LogP contribution in [0.5, 0.6) is 5.75 Å². The van der Waals surface area contributed by atoms with Crippen LogP contribution in [0, 0.1) is 5.92 Å². The van der Waals surface area contributed by atoms with Crippen molar-refractivity contribution in [2.24, 2.45) is 5.92 Å². The lowest BCUT2D eigenvalue weighted by Gasteiger charge is -2.59. The number of hydrogen-bond acceptors (Lipinski definition) is 6. The van der Waals surface area contributed by atoms with Crippen LogP contribution in [0.2, 0.25) is 0 Å². The van der Waals surface area contributed by atoms with Crippen molar-refractivity contribution in [1.82, 2.24) is 4.90 Å². The van der Waals surface area contributed by atoms with Crippen molar-refractivity contribution in [2.75, 3.05) is 20.2 Å². The molecular formula is C29H37NO7. The maximum atomic E-state index is 9.77. The minimum absolute atomic E-state index is 0.411. The van der Waals surface area contributed by atoms with E-state index in [0.717, 1.165) is 17.7 Å². The van der Waals surface area contributed by atoms with Crippen LogP contribution in [0.3, 0.4) is 0 Å². The third-order valence-electron chi connectivity index (χ3n) is 8.49. The van der Waals surface area contributed by atoms with Gasteiger partial charge in [-0.1, -0.05) is 49.2 Å². The molecular weight excluding hydrogens is 474 g/mol. The highest BCUT2D eigenvalue weighted by atomic mass is 16.5. The highest BCUT2D eigenvalue weighted by molar-refractivity contribution is 5.83. The quantitative estimate of drug-likeness (QED) is 0.447. The summed E-state index contributed by atoms with van der Waals surface area (Å²) in [5.41, 5.74) is 5.10. The van der Waals surface area contributed by atoms with E-state index in [2.05, 4.69) is 53.4 Å². The lowest BCUT2D eigenvalue weighted by Crippen LogP contribution is -2.61. The number of fused-ring (bicyclic) bond motifs is 1. The molecule has 5 atom stereocenters. The summed E-state index contributed by atoms with van der Waals surface area (Å²) in [6.45, 7) is 2.46. The van der Waals surface area contributed by atoms with E-state index in [0.29, 0.717) is 5.41 Å². The van der Waals surface area contributed by atoms with E-state index in [1.165, 1.54) is 63.6 Å². The Morgan fingerprint density at radius 2 is 1.73 bits per heavy atom. The van der Waals surface area contributed by atoms with Crippen LogP contribution in [0.25, 0.3) is 0 Å². The molecule has 8 heteroatoms. The summed E-state index contributed by atoms with van der Waals surface area (Å²) < 4.78 is 5.59. The Morgan fingerprint density at radius 3 is 2.38 bits per heavy atom. The molecule has 3 aliphatic rings. The number of rotatable bonds is 7. The molecule has 2 aromatic carbocycles. The predicted molar refractivity (Wildman–Crippen MR) is 138 cm³/mol. The number of ether oxygens (including phenoxy) is 1. The van der Waals surface area contributed by atoms with E-state index < -0.39 is 24.1 Å². The van der Waals surface area contributed by atoms with E-state index >= 15 is 0 Å². The zero-order valence-electron chi connectivity index (χ0n) is 21.3. The number of nitrogens with zero attached hydrogens (tertiary/aromatic N) is 1. The van der Waals surface area contributed by atoms with Gasteiger partial charge in [0.15, 0.2) is 12.2 Å². The second-order valence-electron chi connectivity index (χ2n) is 10.4. The summed E-state index contributed by atoms with van der Waals surface area (Å²) in [5.74, 6) is -1.67. The molecule has 1 heterocycles. The Labute approximate surface area is 217 Å². The first kappa shape index (κ1) is 27.1. The van der Waals surface area contributed by atoms with Gasteiger partial charge in [0.25, 0.3) is 0 Å². The first-order valence-corrected chi connectivity index (χ1v) is 13.0. The summed E-state index contributed by atoms with van der Waals surface area (Å²) in [7, 11) is 1.80. The van der Waals surface area contributed by atoms with E-state index in [1.54, 1.807) is 18.2 Å². The average Bonchev–Trinajstić information content (AvgIpc) is 2.92. The van der Waals surface area contributed by atoms with E-state index in [1.807, 2.05) is 0 Å². The standard InChI is InChI=1S/C25H31NO.C4H6O6/c1-27-21-11-10-20-17-24-22-9-5-6-13-25(22,23(20)18-21)14-16-26(24)15-12-19-7-3-2-4-8-19;5-1(3(7)8)2(6)4(9)10/h2-4,7-8,10-11,18,22,24H,5-6,9,12-17H2,1H3;1-2,5-6H,(H,7,8)(H,9,10)/t22-,24+,25+;1-,2-/m11/s1. The number of carboxylic acid groups (broad SMARTS) is 2. The number of aliphatic hydroxyl groups excluding tert-OH is 2. The smallest absolute Gasteiger partial charge is 0.335 e. The third-order valence-corrected chi connectivity index (χ3v) is 8.49. The predicted octanol–water partition coefficient (Wildman–Crippen LogP) is 2.87. The fourth-order valence-corrected chi connectivity index (χ4v) is 6.66. The highest BCUT2D eigenvalue weighted by Crippen LogP contribution is 2.56. The summed E-state index contributed by atoms with van der Waals surface area (Å²) >= 11 is 0. The van der Waals surface area contributed by atoms with Crippen molar-refractivity contribution in [2.45, 2.75) is 68.6 Å². The molecule has 1 aliphatic heterocycles. The molecule has 1 saturated heterocycles. The normalized spacial score (nSPS) is 25.9. The van der Waals surface area contributed by atoms with Gasteiger partial charge in [-0.05, 0) is 73.4 Å². The number of methoxy groups -OCH3 is 1. The summed E-state index contributed by atoms with van der Waals surface area (Å²) in [4.78, 5) is 22.4. The molecule has 200 valence electrons. The van der Waals surface area contributed by atoms with Crippen molar-refractivity contribution in [3.8, 4) is 5.75 Å². The van der Waals surface area contributed by atoms with Crippen LogP contribution in [-0.4, -0.2) is 75.7 Å². The van der Waals surface area contributed by atoms with E-state index in [-0.39, 0.29) is 0 Å². The molecule has 0 radical (unpaired) electrons. The number of carboxylic acids is 2. The van der Waals surface area contributed by atoms with Gasteiger partial charge in [0.05, 0.1) is 7.11 Å². The number of piperidine rings is 1. The van der Waals surface area contributed by atoms with Gasteiger partial charge in [-0.3, -0.25) is 4.90 Å². The van der Waals surface area contributed by atoms with Crippen molar-refractivity contribution in [1.29, 1.82) is 0 Å². The molecule has 1 saturated carbocycles. The molecule has 37 heavy (non-hydrogen) atoms. The van der Waals surface area contributed by atoms with Crippen molar-refractivity contribution >= 4 is 11.9 Å². The lowest BCUT2D eigenvalue weighted by atomic mass is 9.52. The van der Waals surface area contributed by atoms with Crippen molar-refractivity contribution in [3.63, 3.8) is 0 Å². The summed E-state index contributed by atoms with van der Waals surface area (Å²) in [6.07, 6.45) is 4.77. The second kappa shape index (κ2) is 11.6. The fourth-order valence-electron chi connectivity index (χ4n) is 6.66. The van der Waals surface area contributed by atoms with Crippen LogP contribution >= 0.6 is 0 Å². The number of likely N-dealkylation sites (tertiary alicyclic amines) is 1. The number of carbonyl (C=O) groups is 2. The van der Waals surface area contributed by atoms with Gasteiger partial charge in [-0.15, -0.1) is 0 Å². The van der Waals surface area contributed by atoms with Gasteiger partial charge >= 0.3 is 11.9 Å². The Bertz CT molecular complexity index is 1070. The van der Waals surface area contributed by atoms with Gasteiger partial charge in [0.2, 0.25) is 0 Å². The maximum Gasteiger partial charge on any atom is 0.335 e. The van der Waals surface area contributed by atoms with Crippen LogP contribution in [-0.2, 0) is 27.8 Å². The maximum absolute atomic E-state index is 9.77. The molecule has 8 nitrogen and oxygen atoms in total. The molecule has 2 bridgehead atoms. The number of benzene rings is 2. The first-order chi connectivity index (χ1) is 17.8. The van der Waals surface area contributed by atoms with Gasteiger partial charge in [-0.25, -0.2) is 9.59 Å². The molecule has 2 fully saturated rings. The van der Waals surface area contributed by atoms with Gasteiger partial charge in [0.1, 0.15) is 5.75 Å². The first-order valence-electron chi connectivity index (χ1n) is 13.0. The molecule has 5 rings (SSSR count). The summed E-state index contributed by atoms with van der Waals surface area (Å²) in [6, 6.07) is 18.6. The van der Waals surface area contributed by atoms with Crippen LogP contribution in [0.15, 0.2) is 48.5 Å². The minimum Gasteiger partial charge on any atom is -0.497 e. The van der Waals surface area contributed by atoms with Crippen LogP contribution in [0.4, 0.5) is 0 Å². The van der Waals surface area contributed by atoms with Crippen LogP contribution in [0.1, 0.15) is 48.8 Å². The molecule has 0 aromatic heterocycles. The largest absolute Gasteiger partial charge is 0.497 e. The zero-order valence-corrected chi connectivity index (χ0v) is 21.3. The zero-order chi connectivity index (χ0) is 26.6. The Balaban J connectivity index is 0.000000275. The van der Waals surface area contributed by atoms with E-state index in [9.17, 15) is 9.59 Å². The highest BCUT2D eigenvalue weighted by Gasteiger charge is 2.53. The lowest BCUT2D eigenvalue weighted by molar-refractivity contribution is -0.165. The Hall–Kier alpha value is -2.94. The van der Waals surface area contributed by atoms with Crippen molar-refractivity contribution in [3.05, 3.63) is 65.2 Å². The van der Waals surface area contributed by atoms with Gasteiger partial charge in [0, 0.05) is 18.0 Å². The van der Waals surface area contributed by atoms with Gasteiger partial charge < -0.3 is 25.2 Å². The number of hydrogen-bond donors (Lipinski definition) is 4. The second-order valence-corrected chi connectivity index (χ2v) is 10.4. The molecule has 4 N–H and O–H groups in total. The minimum atomic E-state index is -2.27. The number of aliphatic hydroxyl groups is 2. The van der Waals surface area contributed by atoms with E-state index in [4.69, 9.17) is 25.2 Å². The molecule has 0 amide bonds. The van der Waals surface area contributed by atoms with Gasteiger partial charge in [-0.2, -0.15) is 0 Å². The van der Waals surface area contributed by atoms with Crippen molar-refractivity contribution < 1.29 is 34.8 Å². The average molecular weight is 512 g/mol. The third kappa shape index (κ3) is 5.66. The van der Waals surface area contributed by atoms with Crippen LogP contribution < -0.4 is 4.74 Å². The topological polar surface area (TPSA) is 128 Å². The molecule has 2 aromatic rings. The SMILES string of the molecule is COc1ccc2c(c1)[C@]13CCCC[C@@H]1[C@H](C2)N(CCc1ccccc1)CC3.O=C(O)[C@H](O)[C@@H](O)C(=O)O. The number of aliphatic carboxylic acids is 2. The summed E-state index contributed by atoms with van der Waals surface area (Å²) in [5, 5.41) is 32.5. The molecule has 2 aliphatic carbocycles. The molecule has 0 unspecified atom stereocenters. The monoisotopic (exact) mass is 511 g/mol. The fraction of sp³-hybridized carbons (Fsp3) is 0.517. The Morgan fingerprint density at radius 1 is 1.03 bits per heavy atom. The Kier molecular flexibility index (Phi) is 8.52.